The molecule has 2 N–H and O–H groups in total. The summed E-state index contributed by atoms with van der Waals surface area (Å²) in [6, 6.07) is 2.97. The van der Waals surface area contributed by atoms with Crippen molar-refractivity contribution in [3.8, 4) is 0 Å². The van der Waals surface area contributed by atoms with E-state index in [0.29, 0.717) is 17.6 Å². The molecule has 0 aliphatic carbocycles. The van der Waals surface area contributed by atoms with Gasteiger partial charge in [-0.3, -0.25) is 4.98 Å². The summed E-state index contributed by atoms with van der Waals surface area (Å²) in [7, 11) is 0. The standard InChI is InChI=1S/C16H27FN4O.HI/c1-4-18-16(20-9-6-10-22-12-13(2)3)21-11-15-14(17)7-5-8-19-15;/h5,7-8,13H,4,6,9-12H2,1-3H3,(H2,18,20,21);1H. The number of pyridine rings is 1. The molecule has 23 heavy (non-hydrogen) atoms. The second-order valence-corrected chi connectivity index (χ2v) is 5.38. The van der Waals surface area contributed by atoms with E-state index in [4.69, 9.17) is 4.74 Å². The van der Waals surface area contributed by atoms with Gasteiger partial charge in [0.25, 0.3) is 0 Å². The largest absolute Gasteiger partial charge is 0.381 e. The molecule has 0 amide bonds. The molecular weight excluding hydrogens is 410 g/mol. The molecule has 0 aromatic carbocycles. The third kappa shape index (κ3) is 10.4. The van der Waals surface area contributed by atoms with Crippen LogP contribution in [0.5, 0.6) is 0 Å². The predicted octanol–water partition coefficient (Wildman–Crippen LogP) is 2.96. The Labute approximate surface area is 155 Å². The highest BCUT2D eigenvalue weighted by atomic mass is 127. The average Bonchev–Trinajstić information content (AvgIpc) is 2.49. The van der Waals surface area contributed by atoms with Gasteiger partial charge < -0.3 is 15.4 Å². The summed E-state index contributed by atoms with van der Waals surface area (Å²) in [6.45, 7) is 9.48. The molecule has 0 spiro atoms. The Morgan fingerprint density at radius 2 is 2.17 bits per heavy atom. The topological polar surface area (TPSA) is 58.5 Å². The van der Waals surface area contributed by atoms with Crippen LogP contribution in [0.2, 0.25) is 0 Å². The minimum absolute atomic E-state index is 0. The number of ether oxygens (including phenoxy) is 1. The number of rotatable bonds is 9. The van der Waals surface area contributed by atoms with Crippen LogP contribution in [-0.4, -0.2) is 37.2 Å². The van der Waals surface area contributed by atoms with Gasteiger partial charge in [0, 0.05) is 32.5 Å². The zero-order valence-electron chi connectivity index (χ0n) is 14.1. The smallest absolute Gasteiger partial charge is 0.191 e. The average molecular weight is 438 g/mol. The summed E-state index contributed by atoms with van der Waals surface area (Å²) in [5, 5.41) is 6.34. The summed E-state index contributed by atoms with van der Waals surface area (Å²) in [5.74, 6) is 0.890. The lowest BCUT2D eigenvalue weighted by Gasteiger charge is -2.12. The van der Waals surface area contributed by atoms with Crippen molar-refractivity contribution in [3.63, 3.8) is 0 Å². The number of halogens is 2. The first-order valence-corrected chi connectivity index (χ1v) is 7.82. The molecule has 0 radical (unpaired) electrons. The zero-order valence-corrected chi connectivity index (χ0v) is 16.5. The zero-order chi connectivity index (χ0) is 16.2. The number of hydrogen-bond donors (Lipinski definition) is 2. The molecule has 0 aliphatic rings. The highest BCUT2D eigenvalue weighted by Gasteiger charge is 2.02. The molecule has 0 atom stereocenters. The Bertz CT molecular complexity index is 457. The van der Waals surface area contributed by atoms with Gasteiger partial charge in [-0.15, -0.1) is 24.0 Å². The first-order valence-electron chi connectivity index (χ1n) is 7.82. The minimum atomic E-state index is -0.329. The van der Waals surface area contributed by atoms with Crippen molar-refractivity contribution < 1.29 is 9.13 Å². The van der Waals surface area contributed by atoms with Gasteiger partial charge >= 0.3 is 0 Å². The SMILES string of the molecule is CCNC(=NCc1ncccc1F)NCCCOCC(C)C.I. The van der Waals surface area contributed by atoms with Crippen LogP contribution in [0.15, 0.2) is 23.3 Å². The fourth-order valence-electron chi connectivity index (χ4n) is 1.73. The van der Waals surface area contributed by atoms with Crippen LogP contribution >= 0.6 is 24.0 Å². The molecule has 0 saturated heterocycles. The first kappa shape index (κ1) is 22.0. The maximum Gasteiger partial charge on any atom is 0.191 e. The van der Waals surface area contributed by atoms with Crippen molar-refractivity contribution in [1.29, 1.82) is 0 Å². The molecule has 132 valence electrons. The van der Waals surface area contributed by atoms with Crippen LogP contribution in [0.25, 0.3) is 0 Å². The van der Waals surface area contributed by atoms with Gasteiger partial charge in [-0.1, -0.05) is 13.8 Å². The first-order chi connectivity index (χ1) is 10.6. The number of nitrogens with zero attached hydrogens (tertiary/aromatic N) is 2. The normalized spacial score (nSPS) is 11.3. The van der Waals surface area contributed by atoms with Gasteiger partial charge in [0.2, 0.25) is 0 Å². The molecule has 0 bridgehead atoms. The maximum absolute atomic E-state index is 13.5. The molecule has 1 aromatic heterocycles. The van der Waals surface area contributed by atoms with Gasteiger partial charge in [0.05, 0.1) is 12.2 Å². The monoisotopic (exact) mass is 438 g/mol. The van der Waals surface area contributed by atoms with Gasteiger partial charge in [-0.25, -0.2) is 9.38 Å². The van der Waals surface area contributed by atoms with E-state index in [2.05, 4.69) is 34.5 Å². The van der Waals surface area contributed by atoms with Gasteiger partial charge in [0.1, 0.15) is 5.82 Å². The predicted molar refractivity (Wildman–Crippen MR) is 103 cm³/mol. The summed E-state index contributed by atoms with van der Waals surface area (Å²) in [6.07, 6.45) is 2.47. The number of aromatic nitrogens is 1. The van der Waals surface area contributed by atoms with Crippen LogP contribution in [0.1, 0.15) is 32.9 Å². The molecule has 0 aliphatic heterocycles. The summed E-state index contributed by atoms with van der Waals surface area (Å²) in [5.41, 5.74) is 0.347. The van der Waals surface area contributed by atoms with E-state index in [0.717, 1.165) is 32.7 Å². The van der Waals surface area contributed by atoms with Crippen molar-refractivity contribution >= 4 is 29.9 Å². The van der Waals surface area contributed by atoms with Crippen molar-refractivity contribution in [2.45, 2.75) is 33.7 Å². The van der Waals surface area contributed by atoms with E-state index in [1.807, 2.05) is 6.92 Å². The third-order valence-corrected chi connectivity index (χ3v) is 2.77. The Morgan fingerprint density at radius 3 is 2.83 bits per heavy atom. The Balaban J connectivity index is 0.00000484. The second kappa shape index (κ2) is 13.5. The summed E-state index contributed by atoms with van der Waals surface area (Å²) >= 11 is 0. The highest BCUT2D eigenvalue weighted by Crippen LogP contribution is 2.03. The highest BCUT2D eigenvalue weighted by molar-refractivity contribution is 14.0. The lowest BCUT2D eigenvalue weighted by Crippen LogP contribution is -2.38. The van der Waals surface area contributed by atoms with Crippen molar-refractivity contribution in [2.75, 3.05) is 26.3 Å². The Kier molecular flexibility index (Phi) is 12.9. The van der Waals surface area contributed by atoms with Crippen LogP contribution in [-0.2, 0) is 11.3 Å². The molecule has 0 unspecified atom stereocenters. The molecule has 0 saturated carbocycles. The Hall–Kier alpha value is -0.960. The van der Waals surface area contributed by atoms with Crippen molar-refractivity contribution in [2.24, 2.45) is 10.9 Å². The molecule has 1 aromatic rings. The molecule has 0 fully saturated rings. The molecule has 1 heterocycles. The van der Waals surface area contributed by atoms with Crippen molar-refractivity contribution in [3.05, 3.63) is 29.8 Å². The fraction of sp³-hybridized carbons (Fsp3) is 0.625. The van der Waals surface area contributed by atoms with Crippen LogP contribution in [0.3, 0.4) is 0 Å². The lowest BCUT2D eigenvalue weighted by atomic mass is 10.2. The van der Waals surface area contributed by atoms with Crippen molar-refractivity contribution in [1.82, 2.24) is 15.6 Å². The number of aliphatic imine (C=N–C) groups is 1. The fourth-order valence-corrected chi connectivity index (χ4v) is 1.73. The molecule has 1 rings (SSSR count). The van der Waals surface area contributed by atoms with Gasteiger partial charge in [-0.2, -0.15) is 0 Å². The van der Waals surface area contributed by atoms with E-state index < -0.39 is 0 Å². The van der Waals surface area contributed by atoms with E-state index in [1.165, 1.54) is 6.07 Å². The molecule has 5 nitrogen and oxygen atoms in total. The van der Waals surface area contributed by atoms with E-state index in [9.17, 15) is 4.39 Å². The van der Waals surface area contributed by atoms with E-state index >= 15 is 0 Å². The number of nitrogens with one attached hydrogen (secondary N) is 2. The number of hydrogen-bond acceptors (Lipinski definition) is 3. The quantitative estimate of drug-likeness (QED) is 0.270. The molecule has 7 heteroatoms. The van der Waals surface area contributed by atoms with E-state index in [-0.39, 0.29) is 36.3 Å². The van der Waals surface area contributed by atoms with Crippen LogP contribution < -0.4 is 10.6 Å². The third-order valence-electron chi connectivity index (χ3n) is 2.77. The van der Waals surface area contributed by atoms with Gasteiger partial charge in [0.15, 0.2) is 5.96 Å². The molecular formula is C16H28FIN4O. The summed E-state index contributed by atoms with van der Waals surface area (Å²) in [4.78, 5) is 8.33. The van der Waals surface area contributed by atoms with Gasteiger partial charge in [-0.05, 0) is 31.4 Å². The Morgan fingerprint density at radius 1 is 1.39 bits per heavy atom. The van der Waals surface area contributed by atoms with Crippen LogP contribution in [0, 0.1) is 11.7 Å². The summed E-state index contributed by atoms with van der Waals surface area (Å²) < 4.78 is 19.0. The van der Waals surface area contributed by atoms with E-state index in [1.54, 1.807) is 12.3 Å². The minimum Gasteiger partial charge on any atom is -0.381 e. The lowest BCUT2D eigenvalue weighted by molar-refractivity contribution is 0.108. The van der Waals surface area contributed by atoms with Crippen LogP contribution in [0.4, 0.5) is 4.39 Å². The second-order valence-electron chi connectivity index (χ2n) is 5.38. The maximum atomic E-state index is 13.5. The number of guanidine groups is 1.